The van der Waals surface area contributed by atoms with Crippen molar-refractivity contribution in [2.24, 2.45) is 5.92 Å². The minimum atomic E-state index is 0.0106. The molecule has 0 radical (unpaired) electrons. The molecule has 2 aliphatic heterocycles. The van der Waals surface area contributed by atoms with Gasteiger partial charge < -0.3 is 20.0 Å². The van der Waals surface area contributed by atoms with E-state index < -0.39 is 0 Å². The Kier molecular flexibility index (Phi) is 5.35. The summed E-state index contributed by atoms with van der Waals surface area (Å²) in [4.78, 5) is 29.6. The zero-order chi connectivity index (χ0) is 16.9. The standard InChI is InChI=1S/C18H26N4O2/c1-20-7-9-21(10-8-20)18(24)19-12-16-11-17(23)22(14-16)13-15-5-3-2-4-6-15/h2-6,16H,7-14H2,1H3,(H,19,24)/p+1/t16-/m0/s1. The van der Waals surface area contributed by atoms with E-state index in [2.05, 4.69) is 12.4 Å². The summed E-state index contributed by atoms with van der Waals surface area (Å²) in [6.45, 7) is 5.57. The summed E-state index contributed by atoms with van der Waals surface area (Å²) in [5.74, 6) is 0.393. The Morgan fingerprint density at radius 1 is 1.25 bits per heavy atom. The van der Waals surface area contributed by atoms with Crippen molar-refractivity contribution in [2.45, 2.75) is 13.0 Å². The fourth-order valence-corrected chi connectivity index (χ4v) is 3.38. The SMILES string of the molecule is C[NH+]1CCN(C(=O)NC[C@@H]2CC(=O)N(Cc3ccccc3)C2)CC1. The number of nitrogens with one attached hydrogen (secondary N) is 2. The number of hydrogen-bond donors (Lipinski definition) is 2. The molecule has 3 rings (SSSR count). The largest absolute Gasteiger partial charge is 0.338 e. The molecule has 1 aromatic rings. The molecule has 0 bridgehead atoms. The van der Waals surface area contributed by atoms with Gasteiger partial charge in [-0.05, 0) is 5.56 Å². The minimum Gasteiger partial charge on any atom is -0.338 e. The van der Waals surface area contributed by atoms with Crippen LogP contribution in [0.3, 0.4) is 0 Å². The first kappa shape index (κ1) is 16.8. The number of hydrogen-bond acceptors (Lipinski definition) is 2. The number of urea groups is 1. The van der Waals surface area contributed by atoms with Crippen LogP contribution in [0.5, 0.6) is 0 Å². The normalized spacial score (nSPS) is 22.0. The van der Waals surface area contributed by atoms with Gasteiger partial charge in [0, 0.05) is 32.0 Å². The van der Waals surface area contributed by atoms with Gasteiger partial charge in [-0.3, -0.25) is 4.79 Å². The van der Waals surface area contributed by atoms with Gasteiger partial charge in [-0.15, -0.1) is 0 Å². The number of benzene rings is 1. The number of piperazine rings is 1. The number of carbonyl (C=O) groups excluding carboxylic acids is 2. The van der Waals surface area contributed by atoms with E-state index in [9.17, 15) is 9.59 Å². The van der Waals surface area contributed by atoms with Crippen LogP contribution in [0, 0.1) is 5.92 Å². The zero-order valence-corrected chi connectivity index (χ0v) is 14.3. The maximum Gasteiger partial charge on any atom is 0.317 e. The third kappa shape index (κ3) is 4.26. The molecule has 6 nitrogen and oxygen atoms in total. The number of quaternary nitrogens is 1. The van der Waals surface area contributed by atoms with Crippen molar-refractivity contribution in [2.75, 3.05) is 46.3 Å². The van der Waals surface area contributed by atoms with Gasteiger partial charge in [-0.1, -0.05) is 30.3 Å². The van der Waals surface area contributed by atoms with Crippen LogP contribution in [0.4, 0.5) is 4.79 Å². The lowest BCUT2D eigenvalue weighted by Crippen LogP contribution is -3.12. The highest BCUT2D eigenvalue weighted by atomic mass is 16.2. The van der Waals surface area contributed by atoms with E-state index >= 15 is 0 Å². The van der Waals surface area contributed by atoms with Gasteiger partial charge in [-0.25, -0.2) is 4.79 Å². The van der Waals surface area contributed by atoms with Gasteiger partial charge in [0.25, 0.3) is 0 Å². The van der Waals surface area contributed by atoms with Crippen molar-refractivity contribution >= 4 is 11.9 Å². The fourth-order valence-electron chi connectivity index (χ4n) is 3.38. The van der Waals surface area contributed by atoms with Gasteiger partial charge in [0.15, 0.2) is 0 Å². The molecule has 0 unspecified atom stereocenters. The monoisotopic (exact) mass is 331 g/mol. The smallest absolute Gasteiger partial charge is 0.317 e. The van der Waals surface area contributed by atoms with Gasteiger partial charge in [0.05, 0.1) is 33.2 Å². The van der Waals surface area contributed by atoms with E-state index in [-0.39, 0.29) is 17.9 Å². The van der Waals surface area contributed by atoms with Crippen molar-refractivity contribution in [3.8, 4) is 0 Å². The summed E-state index contributed by atoms with van der Waals surface area (Å²) in [5.41, 5.74) is 1.15. The van der Waals surface area contributed by atoms with Crippen LogP contribution in [0.1, 0.15) is 12.0 Å². The molecule has 0 aromatic heterocycles. The number of amides is 3. The Morgan fingerprint density at radius 2 is 1.96 bits per heavy atom. The molecule has 0 spiro atoms. The van der Waals surface area contributed by atoms with Crippen molar-refractivity contribution < 1.29 is 14.5 Å². The summed E-state index contributed by atoms with van der Waals surface area (Å²) >= 11 is 0. The predicted molar refractivity (Wildman–Crippen MR) is 91.6 cm³/mol. The number of nitrogens with zero attached hydrogens (tertiary/aromatic N) is 2. The molecule has 1 atom stereocenters. The van der Waals surface area contributed by atoms with E-state index in [4.69, 9.17) is 0 Å². The van der Waals surface area contributed by atoms with E-state index in [1.807, 2.05) is 40.1 Å². The molecule has 2 N–H and O–H groups in total. The van der Waals surface area contributed by atoms with Gasteiger partial charge in [0.2, 0.25) is 5.91 Å². The molecular weight excluding hydrogens is 304 g/mol. The molecule has 3 amide bonds. The van der Waals surface area contributed by atoms with Crippen LogP contribution in [-0.2, 0) is 11.3 Å². The maximum absolute atomic E-state index is 12.2. The molecule has 2 fully saturated rings. The number of likely N-dealkylation sites (tertiary alicyclic amines) is 1. The Balaban J connectivity index is 1.43. The molecular formula is C18H27N4O2+. The number of carbonyl (C=O) groups is 2. The highest BCUT2D eigenvalue weighted by Crippen LogP contribution is 2.19. The number of likely N-dealkylation sites (N-methyl/N-ethyl adjacent to an activating group) is 1. The molecule has 6 heteroatoms. The highest BCUT2D eigenvalue weighted by molar-refractivity contribution is 5.79. The topological polar surface area (TPSA) is 57.1 Å². The second-order valence-electron chi connectivity index (χ2n) is 6.96. The first-order chi connectivity index (χ1) is 11.6. The first-order valence-corrected chi connectivity index (χ1v) is 8.77. The summed E-state index contributed by atoms with van der Waals surface area (Å²) in [5, 5.41) is 3.01. The quantitative estimate of drug-likeness (QED) is 0.787. The Morgan fingerprint density at radius 3 is 2.67 bits per heavy atom. The van der Waals surface area contributed by atoms with E-state index in [1.54, 1.807) is 0 Å². The van der Waals surface area contributed by atoms with Crippen LogP contribution in [0.15, 0.2) is 30.3 Å². The third-order valence-corrected chi connectivity index (χ3v) is 4.96. The second kappa shape index (κ2) is 7.66. The Hall–Kier alpha value is -2.08. The summed E-state index contributed by atoms with van der Waals surface area (Å²) < 4.78 is 0. The predicted octanol–water partition coefficient (Wildman–Crippen LogP) is -0.425. The Labute approximate surface area is 143 Å². The molecule has 1 aromatic carbocycles. The van der Waals surface area contributed by atoms with Crippen molar-refractivity contribution in [1.29, 1.82) is 0 Å². The lowest BCUT2D eigenvalue weighted by molar-refractivity contribution is -0.883. The highest BCUT2D eigenvalue weighted by Gasteiger charge is 2.30. The molecule has 24 heavy (non-hydrogen) atoms. The van der Waals surface area contributed by atoms with Crippen LogP contribution in [0.2, 0.25) is 0 Å². The van der Waals surface area contributed by atoms with Crippen molar-refractivity contribution in [1.82, 2.24) is 15.1 Å². The molecule has 2 heterocycles. The minimum absolute atomic E-state index is 0.0106. The van der Waals surface area contributed by atoms with E-state index in [1.165, 1.54) is 4.90 Å². The van der Waals surface area contributed by atoms with Crippen molar-refractivity contribution in [3.05, 3.63) is 35.9 Å². The summed E-state index contributed by atoms with van der Waals surface area (Å²) in [6, 6.07) is 10.1. The lowest BCUT2D eigenvalue weighted by atomic mass is 10.1. The molecule has 0 saturated carbocycles. The number of rotatable bonds is 4. The lowest BCUT2D eigenvalue weighted by Gasteiger charge is -2.30. The summed E-state index contributed by atoms with van der Waals surface area (Å²) in [6.07, 6.45) is 0.528. The van der Waals surface area contributed by atoms with Crippen LogP contribution in [-0.4, -0.2) is 68.1 Å². The first-order valence-electron chi connectivity index (χ1n) is 8.77. The van der Waals surface area contributed by atoms with Gasteiger partial charge in [-0.2, -0.15) is 0 Å². The van der Waals surface area contributed by atoms with E-state index in [0.717, 1.165) is 38.3 Å². The second-order valence-corrected chi connectivity index (χ2v) is 6.96. The molecule has 130 valence electrons. The van der Waals surface area contributed by atoms with E-state index in [0.29, 0.717) is 19.5 Å². The van der Waals surface area contributed by atoms with Gasteiger partial charge in [0.1, 0.15) is 0 Å². The molecule has 0 aliphatic carbocycles. The fraction of sp³-hybridized carbons (Fsp3) is 0.556. The maximum atomic E-state index is 12.2. The van der Waals surface area contributed by atoms with Crippen LogP contribution >= 0.6 is 0 Å². The molecule has 2 aliphatic rings. The zero-order valence-electron chi connectivity index (χ0n) is 14.3. The Bertz CT molecular complexity index is 570. The average molecular weight is 331 g/mol. The van der Waals surface area contributed by atoms with Crippen LogP contribution in [0.25, 0.3) is 0 Å². The third-order valence-electron chi connectivity index (χ3n) is 4.96. The van der Waals surface area contributed by atoms with Gasteiger partial charge >= 0.3 is 6.03 Å². The van der Waals surface area contributed by atoms with Crippen molar-refractivity contribution in [3.63, 3.8) is 0 Å². The van der Waals surface area contributed by atoms with Crippen LogP contribution < -0.4 is 10.2 Å². The average Bonchev–Trinajstić information content (AvgIpc) is 2.94. The molecule has 2 saturated heterocycles. The summed E-state index contributed by atoms with van der Waals surface area (Å²) in [7, 11) is 2.15.